The Morgan fingerprint density at radius 3 is 3.15 bits per heavy atom. The maximum absolute atomic E-state index is 5.57. The van der Waals surface area contributed by atoms with Crippen LogP contribution in [0.15, 0.2) is 24.3 Å². The molecular weight excluding hydrogens is 162 g/mol. The highest BCUT2D eigenvalue weighted by atomic mass is 16.5. The van der Waals surface area contributed by atoms with Crippen LogP contribution in [-0.2, 0) is 0 Å². The number of rotatable bonds is 3. The van der Waals surface area contributed by atoms with Crippen molar-refractivity contribution in [3.63, 3.8) is 0 Å². The number of nitrogens with one attached hydrogen (secondary N) is 1. The first-order chi connectivity index (χ1) is 6.42. The third-order valence-electron chi connectivity index (χ3n) is 2.44. The number of ether oxygens (including phenoxy) is 1. The van der Waals surface area contributed by atoms with E-state index in [1.54, 1.807) is 0 Å². The molecule has 0 bridgehead atoms. The molecule has 1 atom stereocenters. The molecule has 1 aromatic rings. The first-order valence-electron chi connectivity index (χ1n) is 4.84. The Balaban J connectivity index is 2.09. The number of hydrogen-bond acceptors (Lipinski definition) is 2. The van der Waals surface area contributed by atoms with Crippen LogP contribution in [0.3, 0.4) is 0 Å². The van der Waals surface area contributed by atoms with Gasteiger partial charge in [0.2, 0.25) is 0 Å². The second-order valence-corrected chi connectivity index (χ2v) is 3.35. The Bertz CT molecular complexity index is 285. The van der Waals surface area contributed by atoms with E-state index in [1.165, 1.54) is 5.56 Å². The monoisotopic (exact) mass is 177 g/mol. The third-order valence-corrected chi connectivity index (χ3v) is 2.44. The van der Waals surface area contributed by atoms with E-state index < -0.39 is 0 Å². The van der Waals surface area contributed by atoms with Gasteiger partial charge >= 0.3 is 0 Å². The van der Waals surface area contributed by atoms with Crippen LogP contribution in [0.25, 0.3) is 0 Å². The summed E-state index contributed by atoms with van der Waals surface area (Å²) in [4.78, 5) is 0. The molecule has 2 heteroatoms. The van der Waals surface area contributed by atoms with Gasteiger partial charge < -0.3 is 10.1 Å². The lowest BCUT2D eigenvalue weighted by molar-refractivity contribution is 0.327. The van der Waals surface area contributed by atoms with Gasteiger partial charge in [0.1, 0.15) is 5.75 Å². The van der Waals surface area contributed by atoms with Crippen LogP contribution < -0.4 is 10.1 Å². The summed E-state index contributed by atoms with van der Waals surface area (Å²) >= 11 is 0. The van der Waals surface area contributed by atoms with E-state index >= 15 is 0 Å². The van der Waals surface area contributed by atoms with Gasteiger partial charge in [0, 0.05) is 18.0 Å². The van der Waals surface area contributed by atoms with Crippen LogP contribution in [0.1, 0.15) is 18.4 Å². The molecule has 0 aliphatic carbocycles. The minimum Gasteiger partial charge on any atom is -0.493 e. The second kappa shape index (κ2) is 3.79. The molecule has 1 aromatic carbocycles. The van der Waals surface area contributed by atoms with Crippen LogP contribution in [0.4, 0.5) is 0 Å². The van der Waals surface area contributed by atoms with Crippen molar-refractivity contribution >= 4 is 0 Å². The zero-order valence-corrected chi connectivity index (χ0v) is 7.92. The molecule has 70 valence electrons. The lowest BCUT2D eigenvalue weighted by Gasteiger charge is -2.08. The third kappa shape index (κ3) is 1.68. The van der Waals surface area contributed by atoms with E-state index in [-0.39, 0.29) is 0 Å². The standard InChI is InChI=1S/C11H15NO/c1-2-12-7-9-8-13-11-6-4-3-5-10(9)11/h3-6,9,12H,2,7-8H2,1H3/t9-/m1/s1. The fourth-order valence-corrected chi connectivity index (χ4v) is 1.72. The SMILES string of the molecule is CCNC[C@@H]1COc2ccccc21. The summed E-state index contributed by atoms with van der Waals surface area (Å²) in [7, 11) is 0. The summed E-state index contributed by atoms with van der Waals surface area (Å²) < 4.78 is 5.57. The lowest BCUT2D eigenvalue weighted by Crippen LogP contribution is -2.21. The topological polar surface area (TPSA) is 21.3 Å². The number of fused-ring (bicyclic) bond motifs is 1. The summed E-state index contributed by atoms with van der Waals surface area (Å²) in [6, 6.07) is 8.30. The Morgan fingerprint density at radius 2 is 2.31 bits per heavy atom. The first-order valence-corrected chi connectivity index (χ1v) is 4.84. The van der Waals surface area contributed by atoms with Crippen LogP contribution in [0, 0.1) is 0 Å². The van der Waals surface area contributed by atoms with E-state index in [1.807, 2.05) is 12.1 Å². The Morgan fingerprint density at radius 1 is 1.46 bits per heavy atom. The van der Waals surface area contributed by atoms with E-state index in [2.05, 4.69) is 24.4 Å². The van der Waals surface area contributed by atoms with Gasteiger partial charge in [-0.2, -0.15) is 0 Å². The fourth-order valence-electron chi connectivity index (χ4n) is 1.72. The van der Waals surface area contributed by atoms with E-state index in [0.717, 1.165) is 25.4 Å². The van der Waals surface area contributed by atoms with Gasteiger partial charge in [0.15, 0.2) is 0 Å². The zero-order valence-electron chi connectivity index (χ0n) is 7.92. The number of hydrogen-bond donors (Lipinski definition) is 1. The minimum absolute atomic E-state index is 0.538. The molecule has 13 heavy (non-hydrogen) atoms. The quantitative estimate of drug-likeness (QED) is 0.759. The van der Waals surface area contributed by atoms with Crippen molar-refractivity contribution in [2.75, 3.05) is 19.7 Å². The number of benzene rings is 1. The van der Waals surface area contributed by atoms with Gasteiger partial charge in [0.25, 0.3) is 0 Å². The molecule has 1 aliphatic rings. The maximum atomic E-state index is 5.57. The van der Waals surface area contributed by atoms with Crippen molar-refractivity contribution in [3.8, 4) is 5.75 Å². The Hall–Kier alpha value is -1.02. The zero-order chi connectivity index (χ0) is 9.10. The van der Waals surface area contributed by atoms with Gasteiger partial charge in [0.05, 0.1) is 6.61 Å². The van der Waals surface area contributed by atoms with Crippen molar-refractivity contribution < 1.29 is 4.74 Å². The summed E-state index contributed by atoms with van der Waals surface area (Å²) in [6.07, 6.45) is 0. The molecule has 0 saturated carbocycles. The average Bonchev–Trinajstić information content (AvgIpc) is 2.58. The fraction of sp³-hybridized carbons (Fsp3) is 0.455. The highest BCUT2D eigenvalue weighted by Crippen LogP contribution is 2.32. The smallest absolute Gasteiger partial charge is 0.122 e. The highest BCUT2D eigenvalue weighted by molar-refractivity contribution is 5.39. The molecule has 1 N–H and O–H groups in total. The summed E-state index contributed by atoms with van der Waals surface area (Å²) in [6.45, 7) is 5.00. The molecule has 0 fully saturated rings. The van der Waals surface area contributed by atoms with Crippen molar-refractivity contribution in [2.24, 2.45) is 0 Å². The lowest BCUT2D eigenvalue weighted by atomic mass is 10.0. The molecule has 0 unspecified atom stereocenters. The molecule has 2 nitrogen and oxygen atoms in total. The predicted octanol–water partition coefficient (Wildman–Crippen LogP) is 1.77. The van der Waals surface area contributed by atoms with Crippen LogP contribution >= 0.6 is 0 Å². The first kappa shape index (κ1) is 8.57. The predicted molar refractivity (Wildman–Crippen MR) is 53.2 cm³/mol. The molecule has 2 rings (SSSR count). The average molecular weight is 177 g/mol. The molecule has 0 aromatic heterocycles. The number of likely N-dealkylation sites (N-methyl/N-ethyl adjacent to an activating group) is 1. The van der Waals surface area contributed by atoms with E-state index in [4.69, 9.17) is 4.74 Å². The van der Waals surface area contributed by atoms with E-state index in [0.29, 0.717) is 5.92 Å². The minimum atomic E-state index is 0.538. The largest absolute Gasteiger partial charge is 0.493 e. The van der Waals surface area contributed by atoms with Crippen molar-refractivity contribution in [1.82, 2.24) is 5.32 Å². The van der Waals surface area contributed by atoms with Crippen molar-refractivity contribution in [3.05, 3.63) is 29.8 Å². The molecule has 0 amide bonds. The van der Waals surface area contributed by atoms with Gasteiger partial charge in [-0.25, -0.2) is 0 Å². The summed E-state index contributed by atoms with van der Waals surface area (Å²) in [5.41, 5.74) is 1.35. The van der Waals surface area contributed by atoms with E-state index in [9.17, 15) is 0 Å². The van der Waals surface area contributed by atoms with Crippen LogP contribution in [0.5, 0.6) is 5.75 Å². The van der Waals surface area contributed by atoms with Crippen molar-refractivity contribution in [2.45, 2.75) is 12.8 Å². The molecule has 1 aliphatic heterocycles. The van der Waals surface area contributed by atoms with Gasteiger partial charge in [-0.3, -0.25) is 0 Å². The molecule has 1 heterocycles. The Labute approximate surface area is 78.9 Å². The van der Waals surface area contributed by atoms with Crippen LogP contribution in [-0.4, -0.2) is 19.7 Å². The van der Waals surface area contributed by atoms with Gasteiger partial charge in [-0.05, 0) is 12.6 Å². The molecule has 0 radical (unpaired) electrons. The maximum Gasteiger partial charge on any atom is 0.122 e. The van der Waals surface area contributed by atoms with Crippen LogP contribution in [0.2, 0.25) is 0 Å². The summed E-state index contributed by atoms with van der Waals surface area (Å²) in [5.74, 6) is 1.60. The van der Waals surface area contributed by atoms with Gasteiger partial charge in [-0.15, -0.1) is 0 Å². The normalized spacial score (nSPS) is 19.6. The van der Waals surface area contributed by atoms with Crippen molar-refractivity contribution in [1.29, 1.82) is 0 Å². The molecule has 0 saturated heterocycles. The van der Waals surface area contributed by atoms with Gasteiger partial charge in [-0.1, -0.05) is 25.1 Å². The Kier molecular flexibility index (Phi) is 2.50. The molecule has 0 spiro atoms. The number of para-hydroxylation sites is 1. The molecular formula is C11H15NO. The highest BCUT2D eigenvalue weighted by Gasteiger charge is 2.22. The second-order valence-electron chi connectivity index (χ2n) is 3.35. The summed E-state index contributed by atoms with van der Waals surface area (Å²) in [5, 5.41) is 3.35.